The van der Waals surface area contributed by atoms with Crippen LogP contribution in [0.2, 0.25) is 10.0 Å². The second kappa shape index (κ2) is 9.61. The molecule has 162 valence electrons. The summed E-state index contributed by atoms with van der Waals surface area (Å²) in [5, 5.41) is 1.73. The minimum Gasteiger partial charge on any atom is -0.339 e. The summed E-state index contributed by atoms with van der Waals surface area (Å²) in [5.41, 5.74) is 0.836. The lowest BCUT2D eigenvalue weighted by atomic mass is 10.2. The number of likely N-dealkylation sites (N-methyl/N-ethyl adjacent to an activating group) is 1. The Morgan fingerprint density at radius 3 is 2.55 bits per heavy atom. The number of thioether (sulfide) groups is 1. The van der Waals surface area contributed by atoms with Crippen molar-refractivity contribution in [3.8, 4) is 5.69 Å². The molecule has 0 unspecified atom stereocenters. The minimum absolute atomic E-state index is 0.0388. The van der Waals surface area contributed by atoms with Gasteiger partial charge in [0.2, 0.25) is 5.91 Å². The monoisotopic (exact) mass is 476 g/mol. The quantitative estimate of drug-likeness (QED) is 0.412. The number of benzene rings is 2. The smallest absolute Gasteiger partial charge is 0.266 e. The highest BCUT2D eigenvalue weighted by Gasteiger charge is 2.22. The zero-order chi connectivity index (χ0) is 22.0. The Kier molecular flexibility index (Phi) is 6.86. The summed E-state index contributed by atoms with van der Waals surface area (Å²) in [7, 11) is 0. The van der Waals surface area contributed by atoms with Gasteiger partial charge in [0.25, 0.3) is 5.56 Å². The first-order valence-electron chi connectivity index (χ1n) is 10.1. The fourth-order valence-corrected chi connectivity index (χ4v) is 5.02. The molecule has 0 spiro atoms. The molecule has 1 fully saturated rings. The topological polar surface area (TPSA) is 58.4 Å². The number of para-hydroxylation sites is 1. The summed E-state index contributed by atoms with van der Waals surface area (Å²) in [5.74, 6) is 0.235. The van der Waals surface area contributed by atoms with Crippen molar-refractivity contribution < 1.29 is 4.79 Å². The van der Waals surface area contributed by atoms with Gasteiger partial charge in [-0.3, -0.25) is 14.2 Å². The van der Waals surface area contributed by atoms with Gasteiger partial charge >= 0.3 is 0 Å². The molecule has 0 N–H and O–H groups in total. The third-order valence-corrected chi connectivity index (χ3v) is 6.85. The van der Waals surface area contributed by atoms with Crippen LogP contribution in [0.25, 0.3) is 16.6 Å². The molecule has 1 aromatic heterocycles. The Bertz CT molecular complexity index is 1180. The van der Waals surface area contributed by atoms with Gasteiger partial charge in [-0.1, -0.05) is 54.0 Å². The van der Waals surface area contributed by atoms with Crippen LogP contribution in [0.3, 0.4) is 0 Å². The molecule has 4 rings (SSSR count). The molecule has 0 radical (unpaired) electrons. The number of amides is 1. The molecule has 6 nitrogen and oxygen atoms in total. The molecule has 31 heavy (non-hydrogen) atoms. The van der Waals surface area contributed by atoms with Gasteiger partial charge < -0.3 is 9.80 Å². The van der Waals surface area contributed by atoms with Crippen molar-refractivity contribution in [2.24, 2.45) is 0 Å². The van der Waals surface area contributed by atoms with Crippen LogP contribution in [0.1, 0.15) is 6.92 Å². The van der Waals surface area contributed by atoms with E-state index in [1.165, 1.54) is 16.3 Å². The van der Waals surface area contributed by atoms with Crippen LogP contribution in [0.15, 0.2) is 52.4 Å². The highest BCUT2D eigenvalue weighted by molar-refractivity contribution is 7.99. The standard InChI is InChI=1S/C22H22Cl2N4O2S/c1-2-26-9-11-27(12-10-26)20(29)14-31-22-25-18-6-4-3-5-16(18)21(30)28(22)19-8-7-15(23)13-17(19)24/h3-8,13H,2,9-12,14H2,1H3. The highest BCUT2D eigenvalue weighted by atomic mass is 35.5. The van der Waals surface area contributed by atoms with Crippen LogP contribution in [-0.4, -0.2) is 63.7 Å². The molecule has 1 aliphatic rings. The maximum absolute atomic E-state index is 13.3. The SMILES string of the molecule is CCN1CCN(C(=O)CSc2nc3ccccc3c(=O)n2-c2ccc(Cl)cc2Cl)CC1. The van der Waals surface area contributed by atoms with E-state index < -0.39 is 0 Å². The van der Waals surface area contributed by atoms with E-state index in [9.17, 15) is 9.59 Å². The fraction of sp³-hybridized carbons (Fsp3) is 0.318. The van der Waals surface area contributed by atoms with E-state index in [4.69, 9.17) is 23.2 Å². The van der Waals surface area contributed by atoms with Crippen molar-refractivity contribution in [1.29, 1.82) is 0 Å². The Labute approximate surface area is 194 Å². The van der Waals surface area contributed by atoms with Crippen LogP contribution >= 0.6 is 35.0 Å². The lowest BCUT2D eigenvalue weighted by molar-refractivity contribution is -0.130. The first-order chi connectivity index (χ1) is 15.0. The summed E-state index contributed by atoms with van der Waals surface area (Å²) in [6.45, 7) is 6.31. The van der Waals surface area contributed by atoms with Gasteiger partial charge in [-0.05, 0) is 36.9 Å². The van der Waals surface area contributed by atoms with Crippen LogP contribution in [-0.2, 0) is 4.79 Å². The number of fused-ring (bicyclic) bond motifs is 1. The number of rotatable bonds is 5. The fourth-order valence-electron chi connectivity index (χ4n) is 3.62. The number of hydrogen-bond donors (Lipinski definition) is 0. The van der Waals surface area contributed by atoms with E-state index in [0.717, 1.165) is 19.6 Å². The van der Waals surface area contributed by atoms with Crippen molar-refractivity contribution in [2.75, 3.05) is 38.5 Å². The van der Waals surface area contributed by atoms with Gasteiger partial charge in [0.05, 0.1) is 27.4 Å². The summed E-state index contributed by atoms with van der Waals surface area (Å²) >= 11 is 13.7. The maximum Gasteiger partial charge on any atom is 0.266 e. The molecule has 3 aromatic rings. The summed E-state index contributed by atoms with van der Waals surface area (Å²) in [4.78, 5) is 35.0. The normalized spacial score (nSPS) is 14.9. The molecule has 2 aromatic carbocycles. The molecular formula is C22H22Cl2N4O2S. The zero-order valence-electron chi connectivity index (χ0n) is 17.1. The van der Waals surface area contributed by atoms with E-state index >= 15 is 0 Å². The van der Waals surface area contributed by atoms with Gasteiger partial charge in [-0.15, -0.1) is 0 Å². The molecule has 0 bridgehead atoms. The van der Waals surface area contributed by atoms with Gasteiger partial charge in [0.1, 0.15) is 0 Å². The maximum atomic E-state index is 13.3. The molecule has 0 saturated carbocycles. The van der Waals surface area contributed by atoms with Gasteiger partial charge in [-0.2, -0.15) is 0 Å². The van der Waals surface area contributed by atoms with E-state index in [1.807, 2.05) is 11.0 Å². The number of nitrogens with zero attached hydrogens (tertiary/aromatic N) is 4. The van der Waals surface area contributed by atoms with E-state index in [-0.39, 0.29) is 17.2 Å². The van der Waals surface area contributed by atoms with Crippen LogP contribution < -0.4 is 5.56 Å². The number of carbonyl (C=O) groups is 1. The number of carbonyl (C=O) groups excluding carboxylic acids is 1. The van der Waals surface area contributed by atoms with Crippen LogP contribution in [0.5, 0.6) is 0 Å². The largest absolute Gasteiger partial charge is 0.339 e. The summed E-state index contributed by atoms with van der Waals surface area (Å²) in [6, 6.07) is 12.1. The Balaban J connectivity index is 1.66. The molecule has 1 aliphatic heterocycles. The second-order valence-corrected chi connectivity index (χ2v) is 9.04. The first-order valence-corrected chi connectivity index (χ1v) is 11.8. The average molecular weight is 477 g/mol. The lowest BCUT2D eigenvalue weighted by Crippen LogP contribution is -2.49. The number of aromatic nitrogens is 2. The van der Waals surface area contributed by atoms with Crippen molar-refractivity contribution >= 4 is 51.8 Å². The lowest BCUT2D eigenvalue weighted by Gasteiger charge is -2.34. The summed E-state index contributed by atoms with van der Waals surface area (Å²) < 4.78 is 1.47. The molecule has 0 atom stereocenters. The number of hydrogen-bond acceptors (Lipinski definition) is 5. The first kappa shape index (κ1) is 22.1. The predicted octanol–water partition coefficient (Wildman–Crippen LogP) is 3.95. The van der Waals surface area contributed by atoms with Gasteiger partial charge in [0.15, 0.2) is 5.16 Å². The minimum atomic E-state index is -0.235. The second-order valence-electron chi connectivity index (χ2n) is 7.25. The van der Waals surface area contributed by atoms with Crippen LogP contribution in [0.4, 0.5) is 0 Å². The number of halogens is 2. The molecule has 0 aliphatic carbocycles. The Morgan fingerprint density at radius 2 is 1.84 bits per heavy atom. The molecule has 9 heteroatoms. The van der Waals surface area contributed by atoms with Gasteiger partial charge in [0, 0.05) is 31.2 Å². The van der Waals surface area contributed by atoms with E-state index in [0.29, 0.717) is 44.9 Å². The van der Waals surface area contributed by atoms with E-state index in [2.05, 4.69) is 16.8 Å². The Morgan fingerprint density at radius 1 is 1.10 bits per heavy atom. The van der Waals surface area contributed by atoms with Crippen molar-refractivity contribution in [3.05, 3.63) is 62.9 Å². The predicted molar refractivity (Wildman–Crippen MR) is 127 cm³/mol. The molecular weight excluding hydrogens is 455 g/mol. The third-order valence-electron chi connectivity index (χ3n) is 5.39. The highest BCUT2D eigenvalue weighted by Crippen LogP contribution is 2.28. The third kappa shape index (κ3) is 4.75. The average Bonchev–Trinajstić information content (AvgIpc) is 2.78. The zero-order valence-corrected chi connectivity index (χ0v) is 19.4. The molecule has 2 heterocycles. The van der Waals surface area contributed by atoms with Crippen molar-refractivity contribution in [3.63, 3.8) is 0 Å². The summed E-state index contributed by atoms with van der Waals surface area (Å²) in [6.07, 6.45) is 0. The van der Waals surface area contributed by atoms with Crippen LogP contribution in [0, 0.1) is 0 Å². The molecule has 1 saturated heterocycles. The van der Waals surface area contributed by atoms with Crippen molar-refractivity contribution in [2.45, 2.75) is 12.1 Å². The van der Waals surface area contributed by atoms with E-state index in [1.54, 1.807) is 36.4 Å². The Hall–Kier alpha value is -2.06. The van der Waals surface area contributed by atoms with Crippen molar-refractivity contribution in [1.82, 2.24) is 19.4 Å². The molecule has 1 amide bonds. The van der Waals surface area contributed by atoms with Gasteiger partial charge in [-0.25, -0.2) is 4.98 Å². The number of piperazine rings is 1.